The average molecular weight is 238 g/mol. The van der Waals surface area contributed by atoms with Gasteiger partial charge in [-0.3, -0.25) is 0 Å². The lowest BCUT2D eigenvalue weighted by molar-refractivity contribution is 0.364. The Hall–Kier alpha value is -0.530. The Labute approximate surface area is 103 Å². The van der Waals surface area contributed by atoms with E-state index in [0.717, 1.165) is 11.6 Å². The second-order valence-electron chi connectivity index (χ2n) is 5.61. The van der Waals surface area contributed by atoms with Gasteiger partial charge in [0.15, 0.2) is 0 Å². The van der Waals surface area contributed by atoms with Gasteiger partial charge in [0, 0.05) is 17.6 Å². The molecule has 1 aliphatic carbocycles. The van der Waals surface area contributed by atoms with Crippen molar-refractivity contribution in [3.8, 4) is 0 Å². The van der Waals surface area contributed by atoms with Crippen molar-refractivity contribution in [1.82, 2.24) is 5.32 Å². The van der Waals surface area contributed by atoms with Gasteiger partial charge in [-0.1, -0.05) is 37.6 Å². The van der Waals surface area contributed by atoms with Crippen LogP contribution < -0.4 is 5.32 Å². The molecular weight excluding hydrogens is 218 g/mol. The minimum Gasteiger partial charge on any atom is -0.310 e. The molecule has 0 amide bonds. The first kappa shape index (κ1) is 11.9. The molecule has 0 bridgehead atoms. The molecule has 1 N–H and O–H groups in total. The van der Waals surface area contributed by atoms with E-state index in [2.05, 4.69) is 31.3 Å². The quantitative estimate of drug-likeness (QED) is 0.838. The van der Waals surface area contributed by atoms with E-state index in [-0.39, 0.29) is 0 Å². The van der Waals surface area contributed by atoms with Crippen molar-refractivity contribution in [3.05, 3.63) is 34.9 Å². The highest BCUT2D eigenvalue weighted by Gasteiger charge is 2.30. The maximum atomic E-state index is 5.86. The Balaban J connectivity index is 1.82. The number of benzene rings is 1. The fourth-order valence-corrected chi connectivity index (χ4v) is 2.60. The normalized spacial score (nSPS) is 23.6. The molecule has 1 fully saturated rings. The molecule has 1 unspecified atom stereocenters. The molecule has 2 heteroatoms. The average Bonchev–Trinajstić information content (AvgIpc) is 2.58. The highest BCUT2D eigenvalue weighted by atomic mass is 35.5. The van der Waals surface area contributed by atoms with E-state index in [1.54, 1.807) is 0 Å². The maximum Gasteiger partial charge on any atom is 0.0406 e. The summed E-state index contributed by atoms with van der Waals surface area (Å²) in [6.07, 6.45) is 3.94. The molecular formula is C14H20ClN. The van der Waals surface area contributed by atoms with Crippen LogP contribution in [0.4, 0.5) is 0 Å². The monoisotopic (exact) mass is 237 g/mol. The molecule has 1 aliphatic rings. The summed E-state index contributed by atoms with van der Waals surface area (Å²) >= 11 is 5.86. The van der Waals surface area contributed by atoms with Crippen molar-refractivity contribution in [3.63, 3.8) is 0 Å². The zero-order valence-electron chi connectivity index (χ0n) is 10.1. The fourth-order valence-electron chi connectivity index (χ4n) is 2.47. The molecule has 16 heavy (non-hydrogen) atoms. The minimum absolute atomic E-state index is 0.525. The third kappa shape index (κ3) is 3.23. The van der Waals surface area contributed by atoms with E-state index in [1.807, 2.05) is 12.1 Å². The van der Waals surface area contributed by atoms with Crippen molar-refractivity contribution >= 4 is 11.6 Å². The summed E-state index contributed by atoms with van der Waals surface area (Å²) in [5.41, 5.74) is 1.84. The number of rotatable bonds is 3. The number of hydrogen-bond acceptors (Lipinski definition) is 1. The third-order valence-electron chi connectivity index (χ3n) is 3.48. The van der Waals surface area contributed by atoms with Gasteiger partial charge >= 0.3 is 0 Å². The molecule has 0 spiro atoms. The Morgan fingerprint density at radius 1 is 1.31 bits per heavy atom. The molecule has 0 aromatic heterocycles. The first-order valence-electron chi connectivity index (χ1n) is 6.03. The van der Waals surface area contributed by atoms with Gasteiger partial charge in [0.25, 0.3) is 0 Å². The molecule has 0 heterocycles. The topological polar surface area (TPSA) is 12.0 Å². The van der Waals surface area contributed by atoms with Crippen LogP contribution in [-0.4, -0.2) is 6.04 Å². The minimum atomic E-state index is 0.525. The van der Waals surface area contributed by atoms with Crippen LogP contribution in [0.25, 0.3) is 0 Å². The summed E-state index contributed by atoms with van der Waals surface area (Å²) in [6, 6.07) is 8.78. The molecule has 1 aromatic rings. The zero-order valence-corrected chi connectivity index (χ0v) is 10.8. The SMILES string of the molecule is CC1(C)CCC(NCc2ccc(Cl)cc2)C1. The Bertz CT molecular complexity index is 342. The van der Waals surface area contributed by atoms with Gasteiger partial charge < -0.3 is 5.32 Å². The first-order valence-corrected chi connectivity index (χ1v) is 6.41. The highest BCUT2D eigenvalue weighted by Crippen LogP contribution is 2.36. The molecule has 0 saturated heterocycles. The fraction of sp³-hybridized carbons (Fsp3) is 0.571. The molecule has 0 aliphatic heterocycles. The lowest BCUT2D eigenvalue weighted by atomic mass is 9.92. The summed E-state index contributed by atoms with van der Waals surface area (Å²) in [5.74, 6) is 0. The van der Waals surface area contributed by atoms with E-state index >= 15 is 0 Å². The van der Waals surface area contributed by atoms with Crippen LogP contribution in [0.1, 0.15) is 38.7 Å². The van der Waals surface area contributed by atoms with Gasteiger partial charge in [-0.2, -0.15) is 0 Å². The molecule has 0 radical (unpaired) electrons. The van der Waals surface area contributed by atoms with Crippen molar-refractivity contribution < 1.29 is 0 Å². The Kier molecular flexibility index (Phi) is 3.56. The predicted molar refractivity (Wildman–Crippen MR) is 69.7 cm³/mol. The third-order valence-corrected chi connectivity index (χ3v) is 3.73. The molecule has 1 aromatic carbocycles. The summed E-state index contributed by atoms with van der Waals surface area (Å²) in [6.45, 7) is 5.67. The van der Waals surface area contributed by atoms with Crippen LogP contribution in [0.3, 0.4) is 0 Å². The second-order valence-corrected chi connectivity index (χ2v) is 6.05. The molecule has 1 saturated carbocycles. The van der Waals surface area contributed by atoms with Crippen LogP contribution in [0.2, 0.25) is 5.02 Å². The van der Waals surface area contributed by atoms with Crippen LogP contribution in [0, 0.1) is 5.41 Å². The van der Waals surface area contributed by atoms with Crippen LogP contribution in [0.5, 0.6) is 0 Å². The number of nitrogens with one attached hydrogen (secondary N) is 1. The standard InChI is InChI=1S/C14H20ClN/c1-14(2)8-7-13(9-14)16-10-11-3-5-12(15)6-4-11/h3-6,13,16H,7-10H2,1-2H3. The van der Waals surface area contributed by atoms with Crippen LogP contribution in [0.15, 0.2) is 24.3 Å². The maximum absolute atomic E-state index is 5.86. The van der Waals surface area contributed by atoms with Crippen molar-refractivity contribution in [2.75, 3.05) is 0 Å². The predicted octanol–water partition coefficient (Wildman–Crippen LogP) is 4.01. The number of hydrogen-bond donors (Lipinski definition) is 1. The molecule has 1 nitrogen and oxygen atoms in total. The second kappa shape index (κ2) is 4.77. The first-order chi connectivity index (χ1) is 7.55. The molecule has 1 atom stereocenters. The van der Waals surface area contributed by atoms with Gasteiger partial charge in [0.05, 0.1) is 0 Å². The van der Waals surface area contributed by atoms with E-state index in [9.17, 15) is 0 Å². The van der Waals surface area contributed by atoms with Gasteiger partial charge in [0.1, 0.15) is 0 Å². The van der Waals surface area contributed by atoms with Gasteiger partial charge in [0.2, 0.25) is 0 Å². The highest BCUT2D eigenvalue weighted by molar-refractivity contribution is 6.30. The van der Waals surface area contributed by atoms with Crippen molar-refractivity contribution in [2.45, 2.75) is 45.7 Å². The Morgan fingerprint density at radius 3 is 2.56 bits per heavy atom. The zero-order chi connectivity index (χ0) is 11.6. The number of halogens is 1. The van der Waals surface area contributed by atoms with E-state index in [1.165, 1.54) is 24.8 Å². The smallest absolute Gasteiger partial charge is 0.0406 e. The van der Waals surface area contributed by atoms with Crippen molar-refractivity contribution in [2.24, 2.45) is 5.41 Å². The van der Waals surface area contributed by atoms with Gasteiger partial charge in [-0.25, -0.2) is 0 Å². The summed E-state index contributed by atoms with van der Waals surface area (Å²) in [4.78, 5) is 0. The summed E-state index contributed by atoms with van der Waals surface area (Å²) in [5, 5.41) is 4.44. The molecule has 2 rings (SSSR count). The van der Waals surface area contributed by atoms with E-state index in [0.29, 0.717) is 11.5 Å². The summed E-state index contributed by atoms with van der Waals surface area (Å²) < 4.78 is 0. The lowest BCUT2D eigenvalue weighted by Crippen LogP contribution is -2.26. The van der Waals surface area contributed by atoms with Crippen molar-refractivity contribution in [1.29, 1.82) is 0 Å². The summed E-state index contributed by atoms with van der Waals surface area (Å²) in [7, 11) is 0. The van der Waals surface area contributed by atoms with Gasteiger partial charge in [-0.05, 0) is 42.4 Å². The lowest BCUT2D eigenvalue weighted by Gasteiger charge is -2.17. The van der Waals surface area contributed by atoms with Gasteiger partial charge in [-0.15, -0.1) is 0 Å². The largest absolute Gasteiger partial charge is 0.310 e. The van der Waals surface area contributed by atoms with E-state index < -0.39 is 0 Å². The van der Waals surface area contributed by atoms with E-state index in [4.69, 9.17) is 11.6 Å². The Morgan fingerprint density at radius 2 is 2.00 bits per heavy atom. The molecule has 88 valence electrons. The van der Waals surface area contributed by atoms with Crippen LogP contribution in [-0.2, 0) is 6.54 Å². The van der Waals surface area contributed by atoms with Crippen LogP contribution >= 0.6 is 11.6 Å².